The van der Waals surface area contributed by atoms with E-state index < -0.39 is 0 Å². The summed E-state index contributed by atoms with van der Waals surface area (Å²) in [6.07, 6.45) is 3.00. The van der Waals surface area contributed by atoms with Crippen molar-refractivity contribution in [1.82, 2.24) is 15.6 Å². The quantitative estimate of drug-likeness (QED) is 0.255. The molecule has 2 aromatic carbocycles. The summed E-state index contributed by atoms with van der Waals surface area (Å²) in [5, 5.41) is 17.3. The van der Waals surface area contributed by atoms with Gasteiger partial charge in [-0.05, 0) is 42.7 Å². The number of fused-ring (bicyclic) bond motifs is 1. The molecule has 0 saturated carbocycles. The summed E-state index contributed by atoms with van der Waals surface area (Å²) in [6.45, 7) is 4.25. The Morgan fingerprint density at radius 3 is 2.62 bits per heavy atom. The molecule has 4 N–H and O–H groups in total. The van der Waals surface area contributed by atoms with E-state index in [9.17, 15) is 5.11 Å². The van der Waals surface area contributed by atoms with E-state index in [1.165, 1.54) is 16.5 Å². The molecule has 26 heavy (non-hydrogen) atoms. The second-order valence-electron chi connectivity index (χ2n) is 5.90. The largest absolute Gasteiger partial charge is 0.508 e. The summed E-state index contributed by atoms with van der Waals surface area (Å²) in [5.41, 5.74) is 3.54. The Labute approximate surface area is 171 Å². The predicted octanol–water partition coefficient (Wildman–Crippen LogP) is 3.79. The van der Waals surface area contributed by atoms with Crippen LogP contribution in [0, 0.1) is 0 Å². The minimum absolute atomic E-state index is 0. The molecule has 0 spiro atoms. The molecule has 1 aromatic heterocycles. The zero-order valence-corrected chi connectivity index (χ0v) is 17.2. The maximum atomic E-state index is 9.34. The predicted molar refractivity (Wildman–Crippen MR) is 118 cm³/mol. The van der Waals surface area contributed by atoms with Crippen LogP contribution in [-0.4, -0.2) is 29.1 Å². The average molecular weight is 464 g/mol. The van der Waals surface area contributed by atoms with Crippen LogP contribution in [-0.2, 0) is 13.0 Å². The number of rotatable bonds is 6. The Morgan fingerprint density at radius 2 is 1.85 bits per heavy atom. The van der Waals surface area contributed by atoms with Gasteiger partial charge >= 0.3 is 0 Å². The van der Waals surface area contributed by atoms with E-state index >= 15 is 0 Å². The highest BCUT2D eigenvalue weighted by molar-refractivity contribution is 14.0. The number of halogens is 1. The van der Waals surface area contributed by atoms with Gasteiger partial charge in [0.15, 0.2) is 5.96 Å². The fourth-order valence-electron chi connectivity index (χ4n) is 2.77. The van der Waals surface area contributed by atoms with Gasteiger partial charge in [-0.2, -0.15) is 0 Å². The lowest BCUT2D eigenvalue weighted by atomic mass is 10.1. The molecular weight excluding hydrogens is 439 g/mol. The molecule has 0 saturated heterocycles. The number of nitrogens with zero attached hydrogens (tertiary/aromatic N) is 1. The molecule has 0 radical (unpaired) electrons. The summed E-state index contributed by atoms with van der Waals surface area (Å²) >= 11 is 0. The van der Waals surface area contributed by atoms with Gasteiger partial charge in [-0.3, -0.25) is 0 Å². The van der Waals surface area contributed by atoms with Gasteiger partial charge in [0.05, 0.1) is 6.54 Å². The van der Waals surface area contributed by atoms with Crippen molar-refractivity contribution in [3.8, 4) is 5.75 Å². The van der Waals surface area contributed by atoms with Crippen molar-refractivity contribution in [3.05, 3.63) is 65.9 Å². The molecule has 0 aliphatic heterocycles. The molecule has 0 atom stereocenters. The number of aliphatic imine (C=N–C) groups is 1. The second-order valence-corrected chi connectivity index (χ2v) is 5.90. The van der Waals surface area contributed by atoms with Crippen LogP contribution in [0.25, 0.3) is 10.9 Å². The Hall–Kier alpha value is -2.22. The zero-order valence-electron chi connectivity index (χ0n) is 14.8. The van der Waals surface area contributed by atoms with Crippen LogP contribution in [0.4, 0.5) is 0 Å². The van der Waals surface area contributed by atoms with Gasteiger partial charge in [0.1, 0.15) is 5.75 Å². The monoisotopic (exact) mass is 464 g/mol. The lowest BCUT2D eigenvalue weighted by Gasteiger charge is -2.11. The van der Waals surface area contributed by atoms with Crippen LogP contribution in [0.1, 0.15) is 18.1 Å². The van der Waals surface area contributed by atoms with Crippen molar-refractivity contribution < 1.29 is 5.11 Å². The van der Waals surface area contributed by atoms with Crippen LogP contribution >= 0.6 is 24.0 Å². The molecule has 0 aliphatic rings. The van der Waals surface area contributed by atoms with E-state index in [0.717, 1.165) is 31.0 Å². The summed E-state index contributed by atoms with van der Waals surface area (Å²) in [5.74, 6) is 1.08. The molecule has 1 heterocycles. The third-order valence-corrected chi connectivity index (χ3v) is 4.06. The summed E-state index contributed by atoms with van der Waals surface area (Å²) < 4.78 is 0. The molecule has 6 heteroatoms. The Kier molecular flexibility index (Phi) is 7.77. The first-order valence-electron chi connectivity index (χ1n) is 8.61. The Balaban J connectivity index is 0.00000243. The number of guanidine groups is 1. The highest BCUT2D eigenvalue weighted by Crippen LogP contribution is 2.17. The number of phenolic OH excluding ortho intramolecular Hbond substituents is 1. The first-order chi connectivity index (χ1) is 12.3. The summed E-state index contributed by atoms with van der Waals surface area (Å²) in [6, 6.07) is 15.5. The molecule has 0 bridgehead atoms. The Bertz CT molecular complexity index is 842. The van der Waals surface area contributed by atoms with E-state index in [1.807, 2.05) is 18.2 Å². The number of aromatic amines is 1. The van der Waals surface area contributed by atoms with Gasteiger partial charge < -0.3 is 20.7 Å². The normalized spacial score (nSPS) is 11.2. The maximum Gasteiger partial charge on any atom is 0.191 e. The molecule has 0 amide bonds. The van der Waals surface area contributed by atoms with Crippen LogP contribution < -0.4 is 10.6 Å². The first kappa shape index (κ1) is 20.1. The second kappa shape index (κ2) is 10.1. The third-order valence-electron chi connectivity index (χ3n) is 4.06. The van der Waals surface area contributed by atoms with Crippen LogP contribution in [0.3, 0.4) is 0 Å². The van der Waals surface area contributed by atoms with E-state index in [-0.39, 0.29) is 29.7 Å². The van der Waals surface area contributed by atoms with Crippen LogP contribution in [0.5, 0.6) is 5.75 Å². The van der Waals surface area contributed by atoms with E-state index in [1.54, 1.807) is 12.1 Å². The van der Waals surface area contributed by atoms with Gasteiger partial charge in [-0.15, -0.1) is 24.0 Å². The summed E-state index contributed by atoms with van der Waals surface area (Å²) in [7, 11) is 0. The molecule has 5 nitrogen and oxygen atoms in total. The standard InChI is InChI=1S/C20H24N4O.HI/c1-2-21-20(24-13-15-7-9-17(25)10-8-15)22-12-11-16-14-23-19-6-4-3-5-18(16)19;/h3-10,14,23,25H,2,11-13H2,1H3,(H2,21,22,24);1H. The lowest BCUT2D eigenvalue weighted by molar-refractivity contribution is 0.475. The number of aromatic nitrogens is 1. The van der Waals surface area contributed by atoms with Crippen molar-refractivity contribution in [2.45, 2.75) is 19.9 Å². The fraction of sp³-hybridized carbons (Fsp3) is 0.250. The smallest absolute Gasteiger partial charge is 0.191 e. The number of phenols is 1. The number of hydrogen-bond acceptors (Lipinski definition) is 2. The maximum absolute atomic E-state index is 9.34. The van der Waals surface area contributed by atoms with Crippen molar-refractivity contribution in [1.29, 1.82) is 0 Å². The third kappa shape index (κ3) is 5.39. The topological polar surface area (TPSA) is 72.4 Å². The van der Waals surface area contributed by atoms with Gasteiger partial charge in [-0.25, -0.2) is 4.99 Å². The molecular formula is C20H25IN4O. The SMILES string of the molecule is CCNC(=NCc1ccc(O)cc1)NCCc1c[nH]c2ccccc12.I. The van der Waals surface area contributed by atoms with Crippen LogP contribution in [0.2, 0.25) is 0 Å². The number of nitrogens with one attached hydrogen (secondary N) is 3. The van der Waals surface area contributed by atoms with E-state index in [4.69, 9.17) is 0 Å². The minimum Gasteiger partial charge on any atom is -0.508 e. The van der Waals surface area contributed by atoms with Gasteiger partial charge in [0.25, 0.3) is 0 Å². The fourth-order valence-corrected chi connectivity index (χ4v) is 2.77. The highest BCUT2D eigenvalue weighted by atomic mass is 127. The van der Waals surface area contributed by atoms with Crippen molar-refractivity contribution in [2.24, 2.45) is 4.99 Å². The summed E-state index contributed by atoms with van der Waals surface area (Å²) in [4.78, 5) is 7.91. The molecule has 0 fully saturated rings. The van der Waals surface area contributed by atoms with Crippen LogP contribution in [0.15, 0.2) is 59.7 Å². The average Bonchev–Trinajstić information content (AvgIpc) is 3.04. The molecule has 138 valence electrons. The zero-order chi connectivity index (χ0) is 17.5. The Morgan fingerprint density at radius 1 is 1.08 bits per heavy atom. The molecule has 0 aliphatic carbocycles. The minimum atomic E-state index is 0. The number of aromatic hydroxyl groups is 1. The van der Waals surface area contributed by atoms with Crippen molar-refractivity contribution in [3.63, 3.8) is 0 Å². The first-order valence-corrected chi connectivity index (χ1v) is 8.61. The highest BCUT2D eigenvalue weighted by Gasteiger charge is 2.03. The van der Waals surface area contributed by atoms with Gasteiger partial charge in [-0.1, -0.05) is 30.3 Å². The molecule has 3 aromatic rings. The lowest BCUT2D eigenvalue weighted by Crippen LogP contribution is -2.38. The van der Waals surface area contributed by atoms with Gasteiger partial charge in [0.2, 0.25) is 0 Å². The van der Waals surface area contributed by atoms with Crippen molar-refractivity contribution >= 4 is 40.8 Å². The molecule has 3 rings (SSSR count). The number of para-hydroxylation sites is 1. The number of H-pyrrole nitrogens is 1. The van der Waals surface area contributed by atoms with Crippen molar-refractivity contribution in [2.75, 3.05) is 13.1 Å². The van der Waals surface area contributed by atoms with Gasteiger partial charge in [0, 0.05) is 30.2 Å². The number of hydrogen-bond donors (Lipinski definition) is 4. The molecule has 0 unspecified atom stereocenters. The number of benzene rings is 2. The van der Waals surface area contributed by atoms with E-state index in [0.29, 0.717) is 6.54 Å². The van der Waals surface area contributed by atoms with E-state index in [2.05, 4.69) is 51.9 Å².